The van der Waals surface area contributed by atoms with E-state index in [-0.39, 0.29) is 11.7 Å². The second-order valence-corrected chi connectivity index (χ2v) is 9.24. The number of aromatic nitrogens is 1. The maximum atomic E-state index is 13.1. The number of benzene rings is 2. The van der Waals surface area contributed by atoms with E-state index in [9.17, 15) is 9.18 Å². The monoisotopic (exact) mass is 447 g/mol. The van der Waals surface area contributed by atoms with Gasteiger partial charge in [0.2, 0.25) is 5.91 Å². The zero-order valence-electron chi connectivity index (χ0n) is 17.4. The van der Waals surface area contributed by atoms with E-state index in [1.807, 2.05) is 32.3 Å². The topological polar surface area (TPSA) is 45.7 Å². The summed E-state index contributed by atoms with van der Waals surface area (Å²) in [6.07, 6.45) is 1.24. The largest absolute Gasteiger partial charge is 0.494 e. The molecule has 8 heteroatoms. The maximum Gasteiger partial charge on any atom is 0.229 e. The highest BCUT2D eigenvalue weighted by Gasteiger charge is 2.20. The fourth-order valence-electron chi connectivity index (χ4n) is 2.99. The van der Waals surface area contributed by atoms with Crippen LogP contribution in [0.2, 0.25) is 0 Å². The summed E-state index contributed by atoms with van der Waals surface area (Å²) in [5.41, 5.74) is 0.783. The number of rotatable bonds is 10. The summed E-state index contributed by atoms with van der Waals surface area (Å²) < 4.78 is 19.5. The number of thioether (sulfide) groups is 1. The summed E-state index contributed by atoms with van der Waals surface area (Å²) in [7, 11) is 5.67. The Bertz CT molecular complexity index is 976. The van der Waals surface area contributed by atoms with Crippen LogP contribution in [-0.2, 0) is 4.79 Å². The van der Waals surface area contributed by atoms with Crippen LogP contribution >= 0.6 is 23.1 Å². The zero-order valence-corrected chi connectivity index (χ0v) is 19.1. The minimum Gasteiger partial charge on any atom is -0.494 e. The van der Waals surface area contributed by atoms with Crippen molar-refractivity contribution >= 4 is 44.4 Å². The summed E-state index contributed by atoms with van der Waals surface area (Å²) >= 11 is 3.06. The lowest BCUT2D eigenvalue weighted by atomic mass is 10.3. The van der Waals surface area contributed by atoms with Gasteiger partial charge in [0.05, 0.1) is 11.8 Å². The predicted molar refractivity (Wildman–Crippen MR) is 123 cm³/mol. The Kier molecular flexibility index (Phi) is 8.07. The number of carbonyl (C=O) groups is 1. The van der Waals surface area contributed by atoms with Crippen molar-refractivity contribution in [1.82, 2.24) is 9.88 Å². The number of para-hydroxylation sites is 1. The minimum atomic E-state index is -0.256. The molecule has 1 heterocycles. The molecule has 3 aromatic rings. The van der Waals surface area contributed by atoms with Gasteiger partial charge in [-0.25, -0.2) is 9.37 Å². The molecule has 160 valence electrons. The first-order valence-corrected chi connectivity index (χ1v) is 11.5. The van der Waals surface area contributed by atoms with Gasteiger partial charge in [0.25, 0.3) is 0 Å². The van der Waals surface area contributed by atoms with Gasteiger partial charge >= 0.3 is 0 Å². The van der Waals surface area contributed by atoms with Crippen molar-refractivity contribution in [3.05, 3.63) is 48.3 Å². The quantitative estimate of drug-likeness (QED) is 0.413. The molecule has 0 aliphatic carbocycles. The van der Waals surface area contributed by atoms with Crippen molar-refractivity contribution < 1.29 is 13.9 Å². The molecule has 5 nitrogen and oxygen atoms in total. The van der Waals surface area contributed by atoms with E-state index in [1.54, 1.807) is 35.9 Å². The highest BCUT2D eigenvalue weighted by molar-refractivity contribution is 7.99. The van der Waals surface area contributed by atoms with Gasteiger partial charge in [0.1, 0.15) is 17.1 Å². The van der Waals surface area contributed by atoms with Crippen LogP contribution in [0, 0.1) is 5.82 Å². The molecule has 0 saturated carbocycles. The molecule has 2 aromatic carbocycles. The first-order chi connectivity index (χ1) is 14.5. The molecule has 30 heavy (non-hydrogen) atoms. The second kappa shape index (κ2) is 10.7. The molecule has 0 aliphatic heterocycles. The summed E-state index contributed by atoms with van der Waals surface area (Å²) in [6.45, 7) is 1.50. The van der Waals surface area contributed by atoms with Crippen LogP contribution < -0.4 is 9.64 Å². The maximum absolute atomic E-state index is 13.1. The molecule has 1 amide bonds. The third kappa shape index (κ3) is 5.93. The van der Waals surface area contributed by atoms with Crippen LogP contribution in [0.15, 0.2) is 47.4 Å². The number of methoxy groups -OCH3 is 1. The Balaban J connectivity index is 1.72. The lowest BCUT2D eigenvalue weighted by Gasteiger charge is -2.21. The van der Waals surface area contributed by atoms with Gasteiger partial charge < -0.3 is 9.64 Å². The van der Waals surface area contributed by atoms with Crippen LogP contribution in [0.4, 0.5) is 9.52 Å². The number of thiazole rings is 1. The number of halogens is 1. The Morgan fingerprint density at radius 1 is 1.17 bits per heavy atom. The average molecular weight is 448 g/mol. The van der Waals surface area contributed by atoms with Crippen molar-refractivity contribution in [2.24, 2.45) is 0 Å². The number of amides is 1. The zero-order chi connectivity index (χ0) is 21.5. The SMILES string of the molecule is COc1cccc2sc(N(CCCN(C)C)C(=O)CCSc3ccc(F)cc3)nc12. The van der Waals surface area contributed by atoms with Gasteiger partial charge in [-0.15, -0.1) is 11.8 Å². The Morgan fingerprint density at radius 3 is 2.63 bits per heavy atom. The van der Waals surface area contributed by atoms with E-state index in [2.05, 4.69) is 4.90 Å². The summed E-state index contributed by atoms with van der Waals surface area (Å²) in [5.74, 6) is 1.13. The fraction of sp³-hybridized carbons (Fsp3) is 0.364. The number of hydrogen-bond acceptors (Lipinski definition) is 6. The van der Waals surface area contributed by atoms with Crippen molar-refractivity contribution in [3.8, 4) is 5.75 Å². The normalized spacial score (nSPS) is 11.2. The van der Waals surface area contributed by atoms with Crippen LogP contribution in [0.1, 0.15) is 12.8 Å². The van der Waals surface area contributed by atoms with E-state index in [4.69, 9.17) is 9.72 Å². The third-order valence-corrected chi connectivity index (χ3v) is 6.57. The van der Waals surface area contributed by atoms with E-state index < -0.39 is 0 Å². The first kappa shape index (κ1) is 22.5. The Labute approximate surface area is 184 Å². The lowest BCUT2D eigenvalue weighted by molar-refractivity contribution is -0.118. The van der Waals surface area contributed by atoms with Gasteiger partial charge in [0.15, 0.2) is 5.13 Å². The number of anilines is 1. The number of hydrogen-bond donors (Lipinski definition) is 0. The molecule has 0 unspecified atom stereocenters. The molecule has 0 saturated heterocycles. The van der Waals surface area contributed by atoms with E-state index in [1.165, 1.54) is 23.5 Å². The lowest BCUT2D eigenvalue weighted by Crippen LogP contribution is -2.33. The molecule has 0 spiro atoms. The van der Waals surface area contributed by atoms with Crippen LogP contribution in [0.25, 0.3) is 10.2 Å². The molecular weight excluding hydrogens is 421 g/mol. The van der Waals surface area contributed by atoms with Crippen molar-refractivity contribution in [2.75, 3.05) is 44.9 Å². The molecule has 0 aliphatic rings. The molecule has 0 bridgehead atoms. The first-order valence-electron chi connectivity index (χ1n) is 9.75. The Hall–Kier alpha value is -2.16. The van der Waals surface area contributed by atoms with Gasteiger partial charge in [-0.2, -0.15) is 0 Å². The highest BCUT2D eigenvalue weighted by Crippen LogP contribution is 2.34. The predicted octanol–water partition coefficient (Wildman–Crippen LogP) is 4.91. The molecular formula is C22H26FN3O2S2. The summed E-state index contributed by atoms with van der Waals surface area (Å²) in [4.78, 5) is 22.6. The van der Waals surface area contributed by atoms with Gasteiger partial charge in [-0.05, 0) is 63.5 Å². The molecule has 0 fully saturated rings. The van der Waals surface area contributed by atoms with Crippen LogP contribution in [-0.4, -0.2) is 55.8 Å². The molecule has 1 aromatic heterocycles. The van der Waals surface area contributed by atoms with Crippen molar-refractivity contribution in [3.63, 3.8) is 0 Å². The number of fused-ring (bicyclic) bond motifs is 1. The fourth-order valence-corrected chi connectivity index (χ4v) is 4.85. The van der Waals surface area contributed by atoms with E-state index in [0.29, 0.717) is 29.6 Å². The van der Waals surface area contributed by atoms with Gasteiger partial charge in [0, 0.05) is 23.6 Å². The minimum absolute atomic E-state index is 0.0430. The molecule has 3 rings (SSSR count). The average Bonchev–Trinajstić information content (AvgIpc) is 3.16. The summed E-state index contributed by atoms with van der Waals surface area (Å²) in [6, 6.07) is 12.1. The number of carbonyl (C=O) groups excluding carboxylic acids is 1. The van der Waals surface area contributed by atoms with E-state index >= 15 is 0 Å². The number of nitrogens with zero attached hydrogens (tertiary/aromatic N) is 3. The second-order valence-electron chi connectivity index (χ2n) is 7.06. The highest BCUT2D eigenvalue weighted by atomic mass is 32.2. The van der Waals surface area contributed by atoms with E-state index in [0.717, 1.165) is 28.1 Å². The smallest absolute Gasteiger partial charge is 0.229 e. The standard InChI is InChI=1S/C22H26FN3O2S2/c1-25(2)13-5-14-26(20(27)12-15-29-17-10-8-16(23)9-11-17)22-24-21-18(28-3)6-4-7-19(21)30-22/h4,6-11H,5,12-15H2,1-3H3. The van der Waals surface area contributed by atoms with Gasteiger partial charge in [-0.3, -0.25) is 9.69 Å². The van der Waals surface area contributed by atoms with Crippen molar-refractivity contribution in [2.45, 2.75) is 17.7 Å². The summed E-state index contributed by atoms with van der Waals surface area (Å²) in [5, 5.41) is 0.699. The third-order valence-electron chi connectivity index (χ3n) is 4.51. The van der Waals surface area contributed by atoms with Crippen LogP contribution in [0.3, 0.4) is 0 Å². The van der Waals surface area contributed by atoms with Crippen molar-refractivity contribution in [1.29, 1.82) is 0 Å². The van der Waals surface area contributed by atoms with Gasteiger partial charge in [-0.1, -0.05) is 17.4 Å². The molecule has 0 radical (unpaired) electrons. The molecule has 0 atom stereocenters. The van der Waals surface area contributed by atoms with Crippen LogP contribution in [0.5, 0.6) is 5.75 Å². The Morgan fingerprint density at radius 2 is 1.93 bits per heavy atom. The molecule has 0 N–H and O–H groups in total. The number of ether oxygens (including phenoxy) is 1.